The molecule has 0 aliphatic carbocycles. The van der Waals surface area contributed by atoms with Crippen molar-refractivity contribution in [3.05, 3.63) is 65.2 Å². The molecular formula is C16H16F2N2O. The second kappa shape index (κ2) is 6.35. The second-order valence-corrected chi connectivity index (χ2v) is 4.83. The minimum Gasteiger partial charge on any atom is -0.380 e. The van der Waals surface area contributed by atoms with E-state index >= 15 is 0 Å². The molecule has 0 bridgehead atoms. The number of para-hydroxylation sites is 1. The van der Waals surface area contributed by atoms with Crippen LogP contribution in [-0.2, 0) is 6.54 Å². The number of anilines is 1. The van der Waals surface area contributed by atoms with Crippen molar-refractivity contribution >= 4 is 11.6 Å². The van der Waals surface area contributed by atoms with Crippen LogP contribution in [0.15, 0.2) is 42.5 Å². The van der Waals surface area contributed by atoms with Crippen molar-refractivity contribution in [1.82, 2.24) is 4.90 Å². The van der Waals surface area contributed by atoms with Gasteiger partial charge in [-0.2, -0.15) is 0 Å². The summed E-state index contributed by atoms with van der Waals surface area (Å²) in [5, 5.41) is 2.98. The normalized spacial score (nSPS) is 10.3. The summed E-state index contributed by atoms with van der Waals surface area (Å²) in [4.78, 5) is 13.5. The summed E-state index contributed by atoms with van der Waals surface area (Å²) in [5.41, 5.74) is 1.28. The topological polar surface area (TPSA) is 32.3 Å². The Balaban J connectivity index is 2.21. The van der Waals surface area contributed by atoms with E-state index in [1.54, 1.807) is 38.4 Å². The van der Waals surface area contributed by atoms with Gasteiger partial charge >= 0.3 is 0 Å². The maximum absolute atomic E-state index is 13.6. The number of nitrogens with one attached hydrogen (secondary N) is 1. The molecule has 2 aromatic carbocycles. The summed E-state index contributed by atoms with van der Waals surface area (Å²) >= 11 is 0. The van der Waals surface area contributed by atoms with Crippen molar-refractivity contribution in [2.24, 2.45) is 0 Å². The second-order valence-electron chi connectivity index (χ2n) is 4.83. The average Bonchev–Trinajstić information content (AvgIpc) is 2.47. The van der Waals surface area contributed by atoms with Crippen LogP contribution in [0.2, 0.25) is 0 Å². The molecule has 0 saturated heterocycles. The van der Waals surface area contributed by atoms with E-state index in [1.807, 2.05) is 0 Å². The number of hydrogen-bond donors (Lipinski definition) is 1. The molecule has 5 heteroatoms. The molecule has 0 spiro atoms. The first-order chi connectivity index (χ1) is 9.99. The smallest absolute Gasteiger partial charge is 0.255 e. The van der Waals surface area contributed by atoms with Gasteiger partial charge in [0.25, 0.3) is 5.91 Å². The minimum atomic E-state index is -0.495. The van der Waals surface area contributed by atoms with Crippen LogP contribution in [-0.4, -0.2) is 24.9 Å². The molecule has 1 amide bonds. The SMILES string of the molecule is CN(C)C(=O)c1ccccc1NCc1cc(F)ccc1F. The average molecular weight is 290 g/mol. The van der Waals surface area contributed by atoms with Gasteiger partial charge in [0.15, 0.2) is 0 Å². The number of carbonyl (C=O) groups is 1. The minimum absolute atomic E-state index is 0.0985. The maximum Gasteiger partial charge on any atom is 0.255 e. The van der Waals surface area contributed by atoms with Crippen LogP contribution in [0.5, 0.6) is 0 Å². The van der Waals surface area contributed by atoms with E-state index in [2.05, 4.69) is 5.32 Å². The van der Waals surface area contributed by atoms with Gasteiger partial charge in [0, 0.05) is 31.9 Å². The van der Waals surface area contributed by atoms with Gasteiger partial charge in [0.05, 0.1) is 5.56 Å². The first kappa shape index (κ1) is 15.0. The summed E-state index contributed by atoms with van der Waals surface area (Å²) in [6.45, 7) is 0.0985. The highest BCUT2D eigenvalue weighted by Crippen LogP contribution is 2.18. The van der Waals surface area contributed by atoms with E-state index in [-0.39, 0.29) is 18.0 Å². The van der Waals surface area contributed by atoms with Crippen LogP contribution in [0.4, 0.5) is 14.5 Å². The van der Waals surface area contributed by atoms with Gasteiger partial charge in [-0.1, -0.05) is 12.1 Å². The molecule has 110 valence electrons. The van der Waals surface area contributed by atoms with Crippen LogP contribution in [0.1, 0.15) is 15.9 Å². The van der Waals surface area contributed by atoms with Crippen LogP contribution in [0.25, 0.3) is 0 Å². The lowest BCUT2D eigenvalue weighted by Gasteiger charge is -2.15. The quantitative estimate of drug-likeness (QED) is 0.937. The Morgan fingerprint density at radius 1 is 1.14 bits per heavy atom. The molecule has 0 aliphatic rings. The molecule has 2 aromatic rings. The van der Waals surface area contributed by atoms with Gasteiger partial charge in [-0.3, -0.25) is 4.79 Å². The maximum atomic E-state index is 13.6. The van der Waals surface area contributed by atoms with Crippen LogP contribution < -0.4 is 5.32 Å². The number of nitrogens with zero attached hydrogens (tertiary/aromatic N) is 1. The van der Waals surface area contributed by atoms with Crippen molar-refractivity contribution in [1.29, 1.82) is 0 Å². The van der Waals surface area contributed by atoms with E-state index in [0.29, 0.717) is 11.3 Å². The van der Waals surface area contributed by atoms with Crippen molar-refractivity contribution in [3.8, 4) is 0 Å². The third kappa shape index (κ3) is 3.56. The zero-order chi connectivity index (χ0) is 15.4. The lowest BCUT2D eigenvalue weighted by molar-refractivity contribution is 0.0828. The van der Waals surface area contributed by atoms with Crippen LogP contribution >= 0.6 is 0 Å². The monoisotopic (exact) mass is 290 g/mol. The Bertz CT molecular complexity index is 656. The fourth-order valence-corrected chi connectivity index (χ4v) is 1.93. The number of carbonyl (C=O) groups excluding carboxylic acids is 1. The van der Waals surface area contributed by atoms with Crippen molar-refractivity contribution in [3.63, 3.8) is 0 Å². The highest BCUT2D eigenvalue weighted by molar-refractivity contribution is 5.99. The van der Waals surface area contributed by atoms with E-state index in [1.165, 1.54) is 4.90 Å². The molecule has 0 atom stereocenters. The molecule has 0 fully saturated rings. The highest BCUT2D eigenvalue weighted by Gasteiger charge is 2.13. The summed E-state index contributed by atoms with van der Waals surface area (Å²) in [6, 6.07) is 10.2. The molecule has 21 heavy (non-hydrogen) atoms. The predicted molar refractivity (Wildman–Crippen MR) is 78.1 cm³/mol. The molecule has 0 aromatic heterocycles. The standard InChI is InChI=1S/C16H16F2N2O/c1-20(2)16(21)13-5-3-4-6-15(13)19-10-11-9-12(17)7-8-14(11)18/h3-9,19H,10H2,1-2H3. The number of rotatable bonds is 4. The Morgan fingerprint density at radius 3 is 2.57 bits per heavy atom. The van der Waals surface area contributed by atoms with Crippen LogP contribution in [0.3, 0.4) is 0 Å². The lowest BCUT2D eigenvalue weighted by atomic mass is 10.1. The van der Waals surface area contributed by atoms with Crippen molar-refractivity contribution in [2.75, 3.05) is 19.4 Å². The Labute approximate surface area is 122 Å². The van der Waals surface area contributed by atoms with Crippen molar-refractivity contribution in [2.45, 2.75) is 6.54 Å². The Hall–Kier alpha value is -2.43. The van der Waals surface area contributed by atoms with Crippen molar-refractivity contribution < 1.29 is 13.6 Å². The number of benzene rings is 2. The van der Waals surface area contributed by atoms with E-state index in [0.717, 1.165) is 18.2 Å². The first-order valence-corrected chi connectivity index (χ1v) is 6.47. The fourth-order valence-electron chi connectivity index (χ4n) is 1.93. The van der Waals surface area contributed by atoms with Crippen LogP contribution in [0, 0.1) is 11.6 Å². The summed E-state index contributed by atoms with van der Waals surface area (Å²) in [6.07, 6.45) is 0. The predicted octanol–water partition coefficient (Wildman–Crippen LogP) is 3.28. The molecule has 0 unspecified atom stereocenters. The number of halogens is 2. The Kier molecular flexibility index (Phi) is 4.52. The number of amides is 1. The number of hydrogen-bond acceptors (Lipinski definition) is 2. The van der Waals surface area contributed by atoms with Gasteiger partial charge in [0.1, 0.15) is 11.6 Å². The van der Waals surface area contributed by atoms with Gasteiger partial charge in [-0.15, -0.1) is 0 Å². The van der Waals surface area contributed by atoms with Gasteiger partial charge in [-0.05, 0) is 30.3 Å². The molecular weight excluding hydrogens is 274 g/mol. The summed E-state index contributed by atoms with van der Waals surface area (Å²) in [7, 11) is 3.32. The molecule has 0 heterocycles. The molecule has 1 N–H and O–H groups in total. The van der Waals surface area contributed by atoms with E-state index in [9.17, 15) is 13.6 Å². The summed E-state index contributed by atoms with van der Waals surface area (Å²) in [5.74, 6) is -1.14. The largest absolute Gasteiger partial charge is 0.380 e. The molecule has 0 aliphatic heterocycles. The zero-order valence-corrected chi connectivity index (χ0v) is 11.9. The third-order valence-corrected chi connectivity index (χ3v) is 3.04. The van der Waals surface area contributed by atoms with Gasteiger partial charge in [0.2, 0.25) is 0 Å². The molecule has 2 rings (SSSR count). The zero-order valence-electron chi connectivity index (χ0n) is 11.9. The first-order valence-electron chi connectivity index (χ1n) is 6.47. The van der Waals surface area contributed by atoms with E-state index < -0.39 is 11.6 Å². The summed E-state index contributed by atoms with van der Waals surface area (Å²) < 4.78 is 26.7. The third-order valence-electron chi connectivity index (χ3n) is 3.04. The highest BCUT2D eigenvalue weighted by atomic mass is 19.1. The molecule has 0 radical (unpaired) electrons. The van der Waals surface area contributed by atoms with Gasteiger partial charge in [-0.25, -0.2) is 8.78 Å². The Morgan fingerprint density at radius 2 is 1.86 bits per heavy atom. The lowest BCUT2D eigenvalue weighted by Crippen LogP contribution is -2.23. The van der Waals surface area contributed by atoms with E-state index in [4.69, 9.17) is 0 Å². The molecule has 0 saturated carbocycles. The van der Waals surface area contributed by atoms with Gasteiger partial charge < -0.3 is 10.2 Å². The molecule has 3 nitrogen and oxygen atoms in total. The fraction of sp³-hybridized carbons (Fsp3) is 0.188.